The number of para-hydroxylation sites is 1. The van der Waals surface area contributed by atoms with Crippen LogP contribution in [0.25, 0.3) is 0 Å². The van der Waals surface area contributed by atoms with Crippen molar-refractivity contribution in [2.45, 2.75) is 19.8 Å². The minimum Gasteiger partial charge on any atom is -0.385 e. The Hall–Kier alpha value is -1.02. The molecule has 0 unspecified atom stereocenters. The van der Waals surface area contributed by atoms with Crippen molar-refractivity contribution in [2.24, 2.45) is 0 Å². The van der Waals surface area contributed by atoms with Crippen LogP contribution in [-0.2, 0) is 6.42 Å². The van der Waals surface area contributed by atoms with E-state index < -0.39 is 0 Å². The second-order valence-electron chi connectivity index (χ2n) is 3.39. The van der Waals surface area contributed by atoms with E-state index >= 15 is 0 Å². The Labute approximate surface area is 86.7 Å². The lowest BCUT2D eigenvalue weighted by Gasteiger charge is -2.10. The maximum atomic E-state index is 3.46. The van der Waals surface area contributed by atoms with Gasteiger partial charge in [0.25, 0.3) is 0 Å². The van der Waals surface area contributed by atoms with Crippen molar-refractivity contribution in [3.05, 3.63) is 29.8 Å². The van der Waals surface area contributed by atoms with E-state index in [2.05, 4.69) is 41.8 Å². The summed E-state index contributed by atoms with van der Waals surface area (Å²) in [6.45, 7) is 4.30. The van der Waals surface area contributed by atoms with Crippen LogP contribution in [0, 0.1) is 0 Å². The van der Waals surface area contributed by atoms with Gasteiger partial charge in [0.15, 0.2) is 0 Å². The number of anilines is 1. The molecule has 0 aliphatic carbocycles. The third kappa shape index (κ3) is 3.38. The van der Waals surface area contributed by atoms with Gasteiger partial charge in [0.05, 0.1) is 0 Å². The minimum atomic E-state index is 1.04. The average Bonchev–Trinajstić information content (AvgIpc) is 2.25. The Balaban J connectivity index is 2.41. The highest BCUT2D eigenvalue weighted by Gasteiger charge is 1.97. The average molecular weight is 192 g/mol. The van der Waals surface area contributed by atoms with Gasteiger partial charge in [-0.2, -0.15) is 0 Å². The molecule has 14 heavy (non-hydrogen) atoms. The van der Waals surface area contributed by atoms with Gasteiger partial charge >= 0.3 is 0 Å². The molecule has 0 aromatic heterocycles. The number of hydrogen-bond acceptors (Lipinski definition) is 2. The van der Waals surface area contributed by atoms with E-state index in [4.69, 9.17) is 0 Å². The predicted molar refractivity (Wildman–Crippen MR) is 62.9 cm³/mol. The summed E-state index contributed by atoms with van der Waals surface area (Å²) in [5.74, 6) is 0. The first-order valence-electron chi connectivity index (χ1n) is 5.35. The third-order valence-electron chi connectivity index (χ3n) is 2.32. The highest BCUT2D eigenvalue weighted by molar-refractivity contribution is 5.50. The van der Waals surface area contributed by atoms with Gasteiger partial charge in [-0.15, -0.1) is 0 Å². The molecule has 0 amide bonds. The van der Waals surface area contributed by atoms with Gasteiger partial charge in [-0.05, 0) is 38.1 Å². The maximum absolute atomic E-state index is 3.46. The summed E-state index contributed by atoms with van der Waals surface area (Å²) in [7, 11) is 1.99. The molecule has 2 N–H and O–H groups in total. The third-order valence-corrected chi connectivity index (χ3v) is 2.32. The van der Waals surface area contributed by atoms with Crippen LogP contribution in [-0.4, -0.2) is 20.1 Å². The molecule has 78 valence electrons. The molecule has 0 fully saturated rings. The Morgan fingerprint density at radius 1 is 1.14 bits per heavy atom. The Bertz CT molecular complexity index is 258. The molecular weight excluding hydrogens is 172 g/mol. The molecule has 0 radical (unpaired) electrons. The summed E-state index contributed by atoms with van der Waals surface area (Å²) < 4.78 is 0. The monoisotopic (exact) mass is 192 g/mol. The van der Waals surface area contributed by atoms with Crippen molar-refractivity contribution >= 4 is 5.69 Å². The maximum Gasteiger partial charge on any atom is 0.0372 e. The van der Waals surface area contributed by atoms with Crippen LogP contribution in [0.1, 0.15) is 18.9 Å². The van der Waals surface area contributed by atoms with Crippen LogP contribution < -0.4 is 10.6 Å². The number of nitrogens with one attached hydrogen (secondary N) is 2. The molecule has 0 spiro atoms. The molecule has 0 saturated carbocycles. The van der Waals surface area contributed by atoms with E-state index in [-0.39, 0.29) is 0 Å². The molecule has 0 aliphatic heterocycles. The van der Waals surface area contributed by atoms with Crippen molar-refractivity contribution in [3.8, 4) is 0 Å². The van der Waals surface area contributed by atoms with E-state index in [0.717, 1.165) is 25.9 Å². The number of hydrogen-bond donors (Lipinski definition) is 2. The van der Waals surface area contributed by atoms with Gasteiger partial charge < -0.3 is 10.6 Å². The molecule has 0 aliphatic rings. The van der Waals surface area contributed by atoms with Crippen LogP contribution in [0.5, 0.6) is 0 Å². The lowest BCUT2D eigenvalue weighted by Crippen LogP contribution is -2.13. The van der Waals surface area contributed by atoms with Crippen molar-refractivity contribution in [1.82, 2.24) is 5.32 Å². The van der Waals surface area contributed by atoms with Crippen molar-refractivity contribution in [1.29, 1.82) is 0 Å². The fourth-order valence-corrected chi connectivity index (χ4v) is 1.49. The second kappa shape index (κ2) is 6.44. The van der Waals surface area contributed by atoms with Crippen LogP contribution in [0.3, 0.4) is 0 Å². The van der Waals surface area contributed by atoms with E-state index in [1.54, 1.807) is 0 Å². The van der Waals surface area contributed by atoms with E-state index in [1.807, 2.05) is 7.05 Å². The van der Waals surface area contributed by atoms with Gasteiger partial charge in [0.2, 0.25) is 0 Å². The van der Waals surface area contributed by atoms with E-state index in [1.165, 1.54) is 11.3 Å². The molecule has 2 heteroatoms. The van der Waals surface area contributed by atoms with Crippen molar-refractivity contribution in [3.63, 3.8) is 0 Å². The largest absolute Gasteiger partial charge is 0.385 e. The van der Waals surface area contributed by atoms with E-state index in [0.29, 0.717) is 0 Å². The smallest absolute Gasteiger partial charge is 0.0372 e. The molecule has 1 rings (SSSR count). The first kappa shape index (κ1) is 11.1. The van der Waals surface area contributed by atoms with Gasteiger partial charge in [0.1, 0.15) is 0 Å². The SMILES string of the molecule is CCc1ccccc1NCCCNC. The number of benzene rings is 1. The summed E-state index contributed by atoms with van der Waals surface area (Å²) in [4.78, 5) is 0. The Morgan fingerprint density at radius 3 is 2.64 bits per heavy atom. The standard InChI is InChI=1S/C12H20N2/c1-3-11-7-4-5-8-12(11)14-10-6-9-13-2/h4-5,7-8,13-14H,3,6,9-10H2,1-2H3. The molecule has 1 aromatic rings. The fraction of sp³-hybridized carbons (Fsp3) is 0.500. The van der Waals surface area contributed by atoms with E-state index in [9.17, 15) is 0 Å². The lowest BCUT2D eigenvalue weighted by atomic mass is 10.1. The number of rotatable bonds is 6. The van der Waals surface area contributed by atoms with Crippen LogP contribution in [0.15, 0.2) is 24.3 Å². The van der Waals surface area contributed by atoms with Gasteiger partial charge in [-0.3, -0.25) is 0 Å². The highest BCUT2D eigenvalue weighted by Crippen LogP contribution is 2.14. The van der Waals surface area contributed by atoms with Crippen molar-refractivity contribution in [2.75, 3.05) is 25.5 Å². The normalized spacial score (nSPS) is 10.1. The summed E-state index contributed by atoms with van der Waals surface area (Å²) in [5.41, 5.74) is 2.68. The highest BCUT2D eigenvalue weighted by atomic mass is 14.9. The van der Waals surface area contributed by atoms with Gasteiger partial charge in [0, 0.05) is 12.2 Å². The minimum absolute atomic E-state index is 1.04. The lowest BCUT2D eigenvalue weighted by molar-refractivity contribution is 0.747. The fourth-order valence-electron chi connectivity index (χ4n) is 1.49. The zero-order valence-corrected chi connectivity index (χ0v) is 9.14. The zero-order valence-electron chi connectivity index (χ0n) is 9.14. The van der Waals surface area contributed by atoms with Gasteiger partial charge in [-0.1, -0.05) is 25.1 Å². The first-order chi connectivity index (χ1) is 6.88. The molecule has 0 bridgehead atoms. The summed E-state index contributed by atoms with van der Waals surface area (Å²) in [6.07, 6.45) is 2.25. The van der Waals surface area contributed by atoms with Crippen molar-refractivity contribution < 1.29 is 0 Å². The molecule has 0 saturated heterocycles. The topological polar surface area (TPSA) is 24.1 Å². The Kier molecular flexibility index (Phi) is 5.08. The molecular formula is C12H20N2. The molecule has 0 atom stereocenters. The predicted octanol–water partition coefficient (Wildman–Crippen LogP) is 2.27. The Morgan fingerprint density at radius 2 is 1.93 bits per heavy atom. The molecule has 1 aromatic carbocycles. The summed E-state index contributed by atoms with van der Waals surface area (Å²) in [5, 5.41) is 6.60. The quantitative estimate of drug-likeness (QED) is 0.676. The second-order valence-corrected chi connectivity index (χ2v) is 3.39. The zero-order chi connectivity index (χ0) is 10.2. The van der Waals surface area contributed by atoms with Crippen LogP contribution in [0.4, 0.5) is 5.69 Å². The number of aryl methyl sites for hydroxylation is 1. The van der Waals surface area contributed by atoms with Crippen LogP contribution in [0.2, 0.25) is 0 Å². The van der Waals surface area contributed by atoms with Gasteiger partial charge in [-0.25, -0.2) is 0 Å². The first-order valence-corrected chi connectivity index (χ1v) is 5.35. The molecule has 2 nitrogen and oxygen atoms in total. The summed E-state index contributed by atoms with van der Waals surface area (Å²) in [6, 6.07) is 8.51. The summed E-state index contributed by atoms with van der Waals surface area (Å²) >= 11 is 0. The molecule has 0 heterocycles. The van der Waals surface area contributed by atoms with Crippen LogP contribution >= 0.6 is 0 Å².